The maximum absolute atomic E-state index is 13.5. The van der Waals surface area contributed by atoms with Crippen molar-refractivity contribution >= 4 is 15.9 Å². The van der Waals surface area contributed by atoms with Crippen molar-refractivity contribution in [3.05, 3.63) is 45.9 Å². The van der Waals surface area contributed by atoms with Crippen LogP contribution >= 0.6 is 15.9 Å². The normalized spacial score (nSPS) is 9.89. The summed E-state index contributed by atoms with van der Waals surface area (Å²) in [4.78, 5) is 7.82. The summed E-state index contributed by atoms with van der Waals surface area (Å²) in [7, 11) is 0. The number of benzene rings is 1. The topological polar surface area (TPSA) is 58.8 Å². The van der Waals surface area contributed by atoms with Crippen molar-refractivity contribution in [1.29, 1.82) is 5.26 Å². The zero-order chi connectivity index (χ0) is 13.1. The Bertz CT molecular complexity index is 640. The van der Waals surface area contributed by atoms with Gasteiger partial charge in [0, 0.05) is 10.2 Å². The lowest BCUT2D eigenvalue weighted by atomic mass is 10.3. The van der Waals surface area contributed by atoms with Gasteiger partial charge in [0.05, 0.1) is 0 Å². The van der Waals surface area contributed by atoms with E-state index in [-0.39, 0.29) is 17.5 Å². The van der Waals surface area contributed by atoms with Gasteiger partial charge in [0.1, 0.15) is 11.8 Å². The molecule has 1 aromatic heterocycles. The second-order valence-electron chi connectivity index (χ2n) is 3.47. The van der Waals surface area contributed by atoms with Crippen LogP contribution in [0.4, 0.5) is 4.39 Å². The third kappa shape index (κ3) is 2.81. The molecule has 0 aliphatic rings. The molecule has 0 amide bonds. The Morgan fingerprint density at radius 3 is 2.78 bits per heavy atom. The SMILES string of the molecule is Cc1cc(C#N)nc(Oc2ccc(Br)cc2F)n1. The van der Waals surface area contributed by atoms with Crippen molar-refractivity contribution < 1.29 is 9.13 Å². The zero-order valence-electron chi connectivity index (χ0n) is 9.32. The highest BCUT2D eigenvalue weighted by molar-refractivity contribution is 9.10. The number of halogens is 2. The van der Waals surface area contributed by atoms with Gasteiger partial charge < -0.3 is 4.74 Å². The number of aryl methyl sites for hydroxylation is 1. The molecule has 90 valence electrons. The highest BCUT2D eigenvalue weighted by Gasteiger charge is 2.09. The summed E-state index contributed by atoms with van der Waals surface area (Å²) in [6.45, 7) is 1.70. The van der Waals surface area contributed by atoms with Gasteiger partial charge >= 0.3 is 6.01 Å². The molecule has 1 heterocycles. The van der Waals surface area contributed by atoms with E-state index in [1.165, 1.54) is 18.2 Å². The molecule has 0 aliphatic carbocycles. The lowest BCUT2D eigenvalue weighted by Crippen LogP contribution is -1.97. The number of nitriles is 1. The summed E-state index contributed by atoms with van der Waals surface area (Å²) >= 11 is 3.15. The fourth-order valence-electron chi connectivity index (χ4n) is 1.30. The number of aromatic nitrogens is 2. The Labute approximate surface area is 111 Å². The monoisotopic (exact) mass is 307 g/mol. The minimum absolute atomic E-state index is 0.00712. The molecule has 0 bridgehead atoms. The van der Waals surface area contributed by atoms with Crippen molar-refractivity contribution in [2.45, 2.75) is 6.92 Å². The van der Waals surface area contributed by atoms with Crippen LogP contribution < -0.4 is 4.74 Å². The summed E-state index contributed by atoms with van der Waals surface area (Å²) in [5.74, 6) is -0.527. The van der Waals surface area contributed by atoms with E-state index in [2.05, 4.69) is 25.9 Å². The van der Waals surface area contributed by atoms with Gasteiger partial charge in [-0.15, -0.1) is 0 Å². The largest absolute Gasteiger partial charge is 0.421 e. The predicted molar refractivity (Wildman–Crippen MR) is 65.7 cm³/mol. The Hall–Kier alpha value is -2.00. The van der Waals surface area contributed by atoms with Crippen molar-refractivity contribution in [1.82, 2.24) is 9.97 Å². The van der Waals surface area contributed by atoms with E-state index >= 15 is 0 Å². The van der Waals surface area contributed by atoms with E-state index in [9.17, 15) is 4.39 Å². The van der Waals surface area contributed by atoms with Gasteiger partial charge in [-0.05, 0) is 31.2 Å². The smallest absolute Gasteiger partial charge is 0.323 e. The molecule has 0 saturated carbocycles. The van der Waals surface area contributed by atoms with Crippen molar-refractivity contribution in [3.8, 4) is 17.8 Å². The first-order chi connectivity index (χ1) is 8.58. The lowest BCUT2D eigenvalue weighted by Gasteiger charge is -2.05. The summed E-state index contributed by atoms with van der Waals surface area (Å²) < 4.78 is 19.4. The second kappa shape index (κ2) is 5.10. The minimum Gasteiger partial charge on any atom is -0.421 e. The number of hydrogen-bond acceptors (Lipinski definition) is 4. The fraction of sp³-hybridized carbons (Fsp3) is 0.0833. The van der Waals surface area contributed by atoms with Gasteiger partial charge in [0.2, 0.25) is 0 Å². The van der Waals surface area contributed by atoms with Crippen LogP contribution in [0.3, 0.4) is 0 Å². The van der Waals surface area contributed by atoms with Crippen LogP contribution in [0.15, 0.2) is 28.7 Å². The first-order valence-corrected chi connectivity index (χ1v) is 5.76. The number of rotatable bonds is 2. The molecule has 2 rings (SSSR count). The van der Waals surface area contributed by atoms with Crippen LogP contribution in [0.1, 0.15) is 11.4 Å². The van der Waals surface area contributed by atoms with Crippen LogP contribution in [0.5, 0.6) is 11.8 Å². The Morgan fingerprint density at radius 1 is 1.33 bits per heavy atom. The van der Waals surface area contributed by atoms with Gasteiger partial charge in [-0.1, -0.05) is 15.9 Å². The van der Waals surface area contributed by atoms with Crippen LogP contribution in [0.2, 0.25) is 0 Å². The van der Waals surface area contributed by atoms with Crippen molar-refractivity contribution in [2.75, 3.05) is 0 Å². The van der Waals surface area contributed by atoms with E-state index in [4.69, 9.17) is 10.00 Å². The maximum Gasteiger partial charge on any atom is 0.323 e. The third-order valence-corrected chi connectivity index (χ3v) is 2.54. The van der Waals surface area contributed by atoms with E-state index in [0.29, 0.717) is 10.2 Å². The van der Waals surface area contributed by atoms with Gasteiger partial charge in [-0.3, -0.25) is 0 Å². The molecule has 0 N–H and O–H groups in total. The van der Waals surface area contributed by atoms with E-state index in [1.54, 1.807) is 13.0 Å². The highest BCUT2D eigenvalue weighted by Crippen LogP contribution is 2.25. The molecule has 0 unspecified atom stereocenters. The van der Waals surface area contributed by atoms with E-state index in [1.807, 2.05) is 6.07 Å². The summed E-state index contributed by atoms with van der Waals surface area (Å²) in [5, 5.41) is 8.77. The number of nitrogens with zero attached hydrogens (tertiary/aromatic N) is 3. The Kier molecular flexibility index (Phi) is 3.53. The van der Waals surface area contributed by atoms with Gasteiger partial charge in [0.25, 0.3) is 0 Å². The summed E-state index contributed by atoms with van der Waals surface area (Å²) in [6, 6.07) is 7.72. The minimum atomic E-state index is -0.534. The molecule has 0 spiro atoms. The molecule has 18 heavy (non-hydrogen) atoms. The quantitative estimate of drug-likeness (QED) is 0.853. The van der Waals surface area contributed by atoms with Crippen molar-refractivity contribution in [3.63, 3.8) is 0 Å². The summed E-state index contributed by atoms with van der Waals surface area (Å²) in [6.07, 6.45) is 0. The van der Waals surface area contributed by atoms with E-state index in [0.717, 1.165) is 0 Å². The van der Waals surface area contributed by atoms with Crippen LogP contribution in [0, 0.1) is 24.1 Å². The molecule has 0 saturated heterocycles. The van der Waals surface area contributed by atoms with Gasteiger partial charge in [-0.2, -0.15) is 10.2 Å². The molecule has 0 atom stereocenters. The Balaban J connectivity index is 2.34. The first kappa shape index (κ1) is 12.5. The molecular formula is C12H7BrFN3O. The lowest BCUT2D eigenvalue weighted by molar-refractivity contribution is 0.409. The number of ether oxygens (including phenoxy) is 1. The average Bonchev–Trinajstić information content (AvgIpc) is 2.32. The highest BCUT2D eigenvalue weighted by atomic mass is 79.9. The molecule has 0 aliphatic heterocycles. The first-order valence-electron chi connectivity index (χ1n) is 4.97. The third-order valence-electron chi connectivity index (χ3n) is 2.04. The average molecular weight is 308 g/mol. The predicted octanol–water partition coefficient (Wildman–Crippen LogP) is 3.35. The zero-order valence-corrected chi connectivity index (χ0v) is 10.9. The molecule has 0 fully saturated rings. The standard InChI is InChI=1S/C12H7BrFN3O/c1-7-4-9(6-15)17-12(16-7)18-11-3-2-8(13)5-10(11)14/h2-5H,1H3. The van der Waals surface area contributed by atoms with Crippen LogP contribution in [-0.4, -0.2) is 9.97 Å². The Morgan fingerprint density at radius 2 is 2.11 bits per heavy atom. The molecule has 1 aromatic carbocycles. The molecule has 6 heteroatoms. The fourth-order valence-corrected chi connectivity index (χ4v) is 1.63. The van der Waals surface area contributed by atoms with Gasteiger partial charge in [0.15, 0.2) is 11.6 Å². The van der Waals surface area contributed by atoms with E-state index < -0.39 is 5.82 Å². The maximum atomic E-state index is 13.5. The van der Waals surface area contributed by atoms with Crippen LogP contribution in [-0.2, 0) is 0 Å². The van der Waals surface area contributed by atoms with Crippen molar-refractivity contribution in [2.24, 2.45) is 0 Å². The molecule has 0 radical (unpaired) electrons. The molecular weight excluding hydrogens is 301 g/mol. The second-order valence-corrected chi connectivity index (χ2v) is 4.38. The molecule has 4 nitrogen and oxygen atoms in total. The molecule has 2 aromatic rings. The summed E-state index contributed by atoms with van der Waals surface area (Å²) in [5.41, 5.74) is 0.754. The van der Waals surface area contributed by atoms with Gasteiger partial charge in [-0.25, -0.2) is 9.37 Å². The van der Waals surface area contributed by atoms with Crippen LogP contribution in [0.25, 0.3) is 0 Å². The number of hydrogen-bond donors (Lipinski definition) is 0.